The summed E-state index contributed by atoms with van der Waals surface area (Å²) in [6.07, 6.45) is 0. The van der Waals surface area contributed by atoms with Crippen LogP contribution in [0.3, 0.4) is 0 Å². The Labute approximate surface area is 412 Å². The van der Waals surface area contributed by atoms with Crippen molar-refractivity contribution in [3.63, 3.8) is 0 Å². The summed E-state index contributed by atoms with van der Waals surface area (Å²) in [5.74, 6) is -6.80. The van der Waals surface area contributed by atoms with Gasteiger partial charge < -0.3 is 19.6 Å². The Hall–Kier alpha value is 5.08. The van der Waals surface area contributed by atoms with Crippen LogP contribution in [0.4, 0.5) is 8.78 Å². The Bertz CT molecular complexity index is 1380. The first kappa shape index (κ1) is 50.5. The molecule has 2 rings (SSSR count). The Morgan fingerprint density at radius 1 is 0.610 bits per heavy atom. The van der Waals surface area contributed by atoms with Crippen molar-refractivity contribution in [1.82, 2.24) is 0 Å². The Kier molecular flexibility index (Phi) is 28.9. The van der Waals surface area contributed by atoms with Crippen molar-refractivity contribution in [2.45, 2.75) is 32.8 Å². The quantitative estimate of drug-likeness (QED) is 0.0329. The van der Waals surface area contributed by atoms with Gasteiger partial charge in [-0.3, -0.25) is 10.1 Å². The van der Waals surface area contributed by atoms with Crippen molar-refractivity contribution >= 4 is 54.2 Å². The average molecular weight is 783 g/mol. The molecule has 2 aromatic rings. The monoisotopic (exact) mass is 782 g/mol. The molecule has 0 saturated carbocycles. The fourth-order valence-electron chi connectivity index (χ4n) is 2.90. The molecule has 2 aromatic carbocycles. The predicted molar refractivity (Wildman–Crippen MR) is 112 cm³/mol. The smallest absolute Gasteiger partial charge is 0.748 e. The topological polar surface area (TPSA) is 232 Å². The van der Waals surface area contributed by atoms with Gasteiger partial charge in [0.25, 0.3) is 0 Å². The van der Waals surface area contributed by atoms with Crippen molar-refractivity contribution < 1.29 is 278 Å². The van der Waals surface area contributed by atoms with E-state index in [4.69, 9.17) is 0 Å². The van der Waals surface area contributed by atoms with Crippen LogP contribution in [0.15, 0.2) is 34.1 Å². The fraction of sp³-hybridized carbons (Fsp3) is 0.250. The molecule has 0 aliphatic heterocycles. The van der Waals surface area contributed by atoms with Gasteiger partial charge in [-0.15, -0.1) is 0 Å². The van der Waals surface area contributed by atoms with Gasteiger partial charge in [0.1, 0.15) is 11.6 Å². The number of benzene rings is 2. The molecule has 0 spiro atoms. The molecule has 0 aliphatic carbocycles. The van der Waals surface area contributed by atoms with Gasteiger partial charge >= 0.3 is 206 Å². The molecule has 14 nitrogen and oxygen atoms in total. The van der Waals surface area contributed by atoms with Crippen LogP contribution in [0, 0.1) is 11.6 Å². The van der Waals surface area contributed by atoms with E-state index in [9.17, 15) is 53.7 Å². The number of rotatable bonds is 14. The van der Waals surface area contributed by atoms with Gasteiger partial charge in [-0.2, -0.15) is 8.67 Å². The molecule has 0 saturated heterocycles. The van der Waals surface area contributed by atoms with Crippen molar-refractivity contribution in [2.24, 2.45) is 0 Å². The number of hydrogen-bond acceptors (Lipinski definition) is 16. The number of halogens is 2. The molecule has 0 N–H and O–H groups in total. The van der Waals surface area contributed by atoms with Gasteiger partial charge in [0, 0.05) is 46.3 Å². The van der Waals surface area contributed by atoms with Gasteiger partial charge in [0.15, 0.2) is 0 Å². The van der Waals surface area contributed by atoms with Crippen LogP contribution in [0.5, 0.6) is 0 Å². The van der Waals surface area contributed by atoms with Crippen LogP contribution >= 0.6 is 24.1 Å². The normalized spacial score (nSPS) is 11.5. The Balaban J connectivity index is -0.00000361. The third kappa shape index (κ3) is 17.5. The van der Waals surface area contributed by atoms with Gasteiger partial charge in [0.2, 0.25) is 9.84 Å². The van der Waals surface area contributed by atoms with E-state index >= 15 is 0 Å². The summed E-state index contributed by atoms with van der Waals surface area (Å²) in [4.78, 5) is -1.65. The van der Waals surface area contributed by atoms with E-state index in [-0.39, 0.29) is 230 Å². The molecule has 208 valence electrons. The van der Waals surface area contributed by atoms with E-state index in [1.54, 1.807) is 0 Å². The number of hydrogen-bond donors (Lipinski definition) is 0. The molecule has 0 radical (unpaired) electrons. The summed E-state index contributed by atoms with van der Waals surface area (Å²) >= 11 is 0.515. The van der Waals surface area contributed by atoms with Gasteiger partial charge in [-0.05, 0) is 24.3 Å². The van der Waals surface area contributed by atoms with Crippen molar-refractivity contribution in [1.29, 1.82) is 0 Å². The summed E-state index contributed by atoms with van der Waals surface area (Å²) in [7, 11) is -15.3. The molecule has 25 heteroatoms. The van der Waals surface area contributed by atoms with Crippen LogP contribution in [0.25, 0.3) is 0 Å². The Morgan fingerprint density at radius 3 is 1.20 bits per heavy atom. The van der Waals surface area contributed by atoms with E-state index < -0.39 is 96.8 Å². The number of sulfone groups is 1. The molecule has 0 atom stereocenters. The van der Waals surface area contributed by atoms with Crippen molar-refractivity contribution in [2.75, 3.05) is 0 Å². The van der Waals surface area contributed by atoms with E-state index in [0.717, 1.165) is 12.1 Å². The minimum atomic E-state index is -5.20. The SMILES string of the molecule is O=S(=O)([O-])Cc1cc(S(=O)(=O)c2cc(CSOO[O-])c(F)c(CSOO[O-])c2)cc(CS(=O)(=O)[O-])c1F.[K+].[K+].[K+].[K+]. The van der Waals surface area contributed by atoms with Crippen LogP contribution in [-0.4, -0.2) is 34.4 Å². The maximum Gasteiger partial charge on any atom is 1.00 e. The standard InChI is InChI=1S/C16H16F2O14S5.4K/c17-15-9(5-33-31-29-19)1-13(2-10(15)6-34-32-30-20)37(27,28)14-3-11(7-35(21,22)23)16(18)12(4-14)8-36(24,25)26;;;;/h1-4,19-20H,5-8H2,(H,21,22,23)(H,24,25,26);;;;/q;4*+1/p-4. The molecule has 0 fully saturated rings. The second-order valence-corrected chi connectivity index (χ2v) is 12.9. The van der Waals surface area contributed by atoms with Gasteiger partial charge in [-0.25, -0.2) is 34.0 Å². The second-order valence-electron chi connectivity index (χ2n) is 6.82. The van der Waals surface area contributed by atoms with Gasteiger partial charge in [0.05, 0.1) is 53.0 Å². The van der Waals surface area contributed by atoms with E-state index in [1.165, 1.54) is 0 Å². The third-order valence-corrected chi connectivity index (χ3v) is 8.46. The molecule has 0 heterocycles. The van der Waals surface area contributed by atoms with Crippen LogP contribution < -0.4 is 216 Å². The molecule has 0 aromatic heterocycles. The zero-order chi connectivity index (χ0) is 28.0. The van der Waals surface area contributed by atoms with Crippen molar-refractivity contribution in [3.05, 3.63) is 58.2 Å². The Morgan fingerprint density at radius 2 is 0.902 bits per heavy atom. The third-order valence-electron chi connectivity index (χ3n) is 4.26. The average Bonchev–Trinajstić information content (AvgIpc) is 2.76. The minimum Gasteiger partial charge on any atom is -0.748 e. The van der Waals surface area contributed by atoms with Crippen molar-refractivity contribution in [3.8, 4) is 0 Å². The predicted octanol–water partition coefficient (Wildman–Crippen LogP) is -12.4. The van der Waals surface area contributed by atoms with E-state index in [2.05, 4.69) is 18.7 Å². The maximum atomic E-state index is 14.8. The fourth-order valence-corrected chi connectivity index (χ4v) is 6.39. The summed E-state index contributed by atoms with van der Waals surface area (Å²) in [5.41, 5.74) is -2.86. The summed E-state index contributed by atoms with van der Waals surface area (Å²) in [5, 5.41) is 26.2. The molecule has 0 unspecified atom stereocenters. The molecule has 0 bridgehead atoms. The first-order valence-electron chi connectivity index (χ1n) is 9.00. The first-order valence-corrected chi connectivity index (χ1v) is 15.5. The molecular weight excluding hydrogens is 771 g/mol. The summed E-state index contributed by atoms with van der Waals surface area (Å²) in [6.45, 7) is 0. The van der Waals surface area contributed by atoms with E-state index in [1.807, 2.05) is 0 Å². The molecular formula is C16H12F2K4O14S5. The maximum absolute atomic E-state index is 14.8. The van der Waals surface area contributed by atoms with Gasteiger partial charge in [-0.1, -0.05) is 0 Å². The molecule has 41 heavy (non-hydrogen) atoms. The van der Waals surface area contributed by atoms with Crippen LogP contribution in [-0.2, 0) is 71.8 Å². The summed E-state index contributed by atoms with van der Waals surface area (Å²) < 4.78 is 131. The minimum absolute atomic E-state index is 0. The summed E-state index contributed by atoms with van der Waals surface area (Å²) in [6, 6.07) is 2.39. The largest absolute Gasteiger partial charge is 1.00 e. The van der Waals surface area contributed by atoms with E-state index in [0.29, 0.717) is 12.1 Å². The van der Waals surface area contributed by atoms with Crippen LogP contribution in [0.2, 0.25) is 0 Å². The first-order chi connectivity index (χ1) is 17.1. The molecule has 0 aliphatic rings. The second kappa shape index (κ2) is 23.5. The molecule has 0 amide bonds. The van der Waals surface area contributed by atoms with Crippen LogP contribution in [0.1, 0.15) is 22.3 Å². The zero-order valence-electron chi connectivity index (χ0n) is 21.7. The zero-order valence-corrected chi connectivity index (χ0v) is 38.2.